The number of imide groups is 2. The summed E-state index contributed by atoms with van der Waals surface area (Å²) in [5.41, 5.74) is 6.54. The van der Waals surface area contributed by atoms with Crippen LogP contribution < -0.4 is 0 Å². The lowest BCUT2D eigenvalue weighted by atomic mass is 9.77. The van der Waals surface area contributed by atoms with E-state index in [1.807, 2.05) is 0 Å². The molecule has 4 aromatic rings. The van der Waals surface area contributed by atoms with Gasteiger partial charge >= 0.3 is 11.9 Å². The van der Waals surface area contributed by atoms with E-state index in [1.54, 1.807) is 82.6 Å². The lowest BCUT2D eigenvalue weighted by Crippen LogP contribution is -2.50. The van der Waals surface area contributed by atoms with Gasteiger partial charge in [0.15, 0.2) is 0 Å². The number of carbonyl (C=O) groups excluding carboxylic acids is 6. The summed E-state index contributed by atoms with van der Waals surface area (Å²) in [6.07, 6.45) is 5.82. The first-order chi connectivity index (χ1) is 35.7. The molecule has 6 N–H and O–H groups in total. The van der Waals surface area contributed by atoms with E-state index in [2.05, 4.69) is 0 Å². The topological polar surface area (TPSA) is 271 Å². The molecule has 4 heterocycles. The fraction of sp³-hybridized carbons (Fsp3) is 0.439. The highest BCUT2D eigenvalue weighted by Gasteiger charge is 2.47. The molecule has 0 bridgehead atoms. The van der Waals surface area contributed by atoms with Crippen molar-refractivity contribution >= 4 is 47.4 Å². The first-order valence-corrected chi connectivity index (χ1v) is 25.4. The van der Waals surface area contributed by atoms with Crippen molar-refractivity contribution in [2.45, 2.75) is 110 Å². The van der Waals surface area contributed by atoms with Crippen LogP contribution in [0.25, 0.3) is 0 Å². The molecule has 0 spiro atoms. The number of hydrogen-bond donors (Lipinski definition) is 6. The number of carbonyl (C=O) groups is 8. The highest BCUT2D eigenvalue weighted by molar-refractivity contribution is 6.22. The minimum absolute atomic E-state index is 0. The minimum atomic E-state index is -0.984. The average molecular weight is 1030 g/mol. The smallest absolute Gasteiger partial charge is 0.307 e. The predicted octanol–water partition coefficient (Wildman–Crippen LogP) is 5.20. The zero-order chi connectivity index (χ0) is 52.5. The van der Waals surface area contributed by atoms with Crippen LogP contribution in [-0.4, -0.2) is 124 Å². The quantitative estimate of drug-likeness (QED) is 0.0996. The van der Waals surface area contributed by atoms with Crippen LogP contribution in [0.5, 0.6) is 0 Å². The standard InChI is InChI=1S/2C28H30N2O7.CH4/c2*31-14-17-11-16-9-10-29(25(33)21-7-3-4-8-22(21)28(36)37)24(23(16)12-18(17)15-32)13-30-26(34)19-5-1-2-6-20(19)27(30)35;/h2*1-2,5-6,11-12,21-22,24,31-32H,3-4,7-10,13-15H2,(H,36,37);1H4/t21?,22-,24-;21-,22+,24+;/m10./s1. The molecule has 396 valence electrons. The number of rotatable bonds is 12. The van der Waals surface area contributed by atoms with Crippen LogP contribution in [0, 0.1) is 23.7 Å². The van der Waals surface area contributed by atoms with E-state index >= 15 is 0 Å². The van der Waals surface area contributed by atoms with Gasteiger partial charge in [0.1, 0.15) is 0 Å². The van der Waals surface area contributed by atoms with Crippen LogP contribution in [-0.2, 0) is 58.4 Å². The number of fused-ring (bicyclic) bond motifs is 4. The number of amides is 6. The third-order valence-electron chi connectivity index (χ3n) is 16.2. The molecule has 4 aliphatic heterocycles. The summed E-state index contributed by atoms with van der Waals surface area (Å²) in [5.74, 6) is -7.16. The molecule has 10 rings (SSSR count). The Morgan fingerprint density at radius 3 is 1.04 bits per heavy atom. The van der Waals surface area contributed by atoms with Gasteiger partial charge in [-0.3, -0.25) is 48.2 Å². The van der Waals surface area contributed by atoms with Gasteiger partial charge in [0.05, 0.1) is 97.5 Å². The number of nitrogens with zero attached hydrogens (tertiary/aromatic N) is 4. The summed E-state index contributed by atoms with van der Waals surface area (Å²) in [7, 11) is 0. The van der Waals surface area contributed by atoms with Crippen LogP contribution in [0.15, 0.2) is 72.8 Å². The first kappa shape index (κ1) is 54.2. The Labute approximate surface area is 434 Å². The van der Waals surface area contributed by atoms with E-state index in [4.69, 9.17) is 0 Å². The summed E-state index contributed by atoms with van der Waals surface area (Å²) >= 11 is 0. The van der Waals surface area contributed by atoms with Gasteiger partial charge in [-0.25, -0.2) is 0 Å². The molecular weight excluding hydrogens is 965 g/mol. The van der Waals surface area contributed by atoms with Crippen molar-refractivity contribution in [2.75, 3.05) is 26.2 Å². The molecule has 6 atom stereocenters. The maximum atomic E-state index is 13.9. The molecular formula is C57H64N4O14. The minimum Gasteiger partial charge on any atom is -0.481 e. The number of hydrogen-bond acceptors (Lipinski definition) is 12. The Hall–Kier alpha value is -7.12. The number of aliphatic hydroxyl groups excluding tert-OH is 4. The molecule has 2 fully saturated rings. The van der Waals surface area contributed by atoms with Crippen LogP contribution in [0.2, 0.25) is 0 Å². The van der Waals surface area contributed by atoms with Gasteiger partial charge in [0.25, 0.3) is 23.6 Å². The lowest BCUT2D eigenvalue weighted by molar-refractivity contribution is -0.153. The molecule has 6 amide bonds. The van der Waals surface area contributed by atoms with Crippen molar-refractivity contribution in [3.05, 3.63) is 140 Å². The zero-order valence-electron chi connectivity index (χ0n) is 40.9. The largest absolute Gasteiger partial charge is 0.481 e. The molecule has 0 saturated heterocycles. The maximum Gasteiger partial charge on any atom is 0.307 e. The molecule has 1 unspecified atom stereocenters. The Balaban J connectivity index is 0.000000197. The molecule has 75 heavy (non-hydrogen) atoms. The van der Waals surface area contributed by atoms with Crippen molar-refractivity contribution in [1.82, 2.24) is 19.6 Å². The predicted molar refractivity (Wildman–Crippen MR) is 269 cm³/mol. The van der Waals surface area contributed by atoms with Gasteiger partial charge in [0, 0.05) is 13.1 Å². The van der Waals surface area contributed by atoms with Gasteiger partial charge in [0.2, 0.25) is 11.8 Å². The van der Waals surface area contributed by atoms with E-state index < -0.39 is 71.3 Å². The summed E-state index contributed by atoms with van der Waals surface area (Å²) in [5, 5.41) is 59.0. The average Bonchev–Trinajstić information content (AvgIpc) is 3.82. The van der Waals surface area contributed by atoms with Crippen molar-refractivity contribution in [3.63, 3.8) is 0 Å². The monoisotopic (exact) mass is 1030 g/mol. The van der Waals surface area contributed by atoms with Gasteiger partial charge in [-0.1, -0.05) is 81.6 Å². The molecule has 0 aromatic heterocycles. The maximum absolute atomic E-state index is 13.9. The van der Waals surface area contributed by atoms with E-state index in [0.29, 0.717) is 107 Å². The van der Waals surface area contributed by atoms with Crippen LogP contribution >= 0.6 is 0 Å². The molecule has 18 heteroatoms. The molecule has 2 saturated carbocycles. The van der Waals surface area contributed by atoms with E-state index in [0.717, 1.165) is 46.6 Å². The second-order valence-corrected chi connectivity index (χ2v) is 20.1. The third kappa shape index (κ3) is 10.1. The second-order valence-electron chi connectivity index (χ2n) is 20.1. The van der Waals surface area contributed by atoms with Gasteiger partial charge in [-0.15, -0.1) is 0 Å². The highest BCUT2D eigenvalue weighted by Crippen LogP contribution is 2.41. The van der Waals surface area contributed by atoms with Crippen molar-refractivity contribution in [3.8, 4) is 0 Å². The van der Waals surface area contributed by atoms with Crippen molar-refractivity contribution < 1.29 is 69.0 Å². The van der Waals surface area contributed by atoms with Crippen molar-refractivity contribution in [2.24, 2.45) is 23.7 Å². The number of carboxylic acid groups (broad SMARTS) is 2. The second kappa shape index (κ2) is 22.8. The Morgan fingerprint density at radius 1 is 0.453 bits per heavy atom. The summed E-state index contributed by atoms with van der Waals surface area (Å²) < 4.78 is 0. The van der Waals surface area contributed by atoms with Crippen LogP contribution in [0.4, 0.5) is 0 Å². The number of carboxylic acids is 2. The summed E-state index contributed by atoms with van der Waals surface area (Å²) in [6, 6.07) is 18.9. The van der Waals surface area contributed by atoms with Gasteiger partial charge < -0.3 is 40.4 Å². The molecule has 2 aliphatic carbocycles. The fourth-order valence-electron chi connectivity index (χ4n) is 12.2. The van der Waals surface area contributed by atoms with E-state index in [1.165, 1.54) is 0 Å². The molecule has 4 aromatic carbocycles. The summed E-state index contributed by atoms with van der Waals surface area (Å²) in [6.45, 7) is -0.717. The van der Waals surface area contributed by atoms with Crippen LogP contribution in [0.1, 0.15) is 157 Å². The van der Waals surface area contributed by atoms with Crippen molar-refractivity contribution in [1.29, 1.82) is 0 Å². The highest BCUT2D eigenvalue weighted by atomic mass is 16.4. The molecule has 6 aliphatic rings. The number of aliphatic carboxylic acids is 2. The van der Waals surface area contributed by atoms with Gasteiger partial charge in [-0.2, -0.15) is 0 Å². The SMILES string of the molecule is C.O=C(O)[C@@H]1CCCCC1C(=O)N1CCc2cc(CO)c(CO)cc2[C@H]1CN1C(=O)c2ccccc2C1=O.O=C(O)[C@@H]1CCCC[C@@H]1C(=O)N1CCc2cc(CO)c(CO)cc2[C@H]1CN1C(=O)c2ccccc2C1=O. The Bertz CT molecular complexity index is 2670. The summed E-state index contributed by atoms with van der Waals surface area (Å²) in [4.78, 5) is 110. The number of aliphatic hydroxyl groups is 4. The van der Waals surface area contributed by atoms with E-state index in [-0.39, 0.29) is 58.8 Å². The molecule has 0 radical (unpaired) electrons. The Morgan fingerprint density at radius 2 is 0.747 bits per heavy atom. The Kier molecular flexibility index (Phi) is 16.4. The third-order valence-corrected chi connectivity index (χ3v) is 16.2. The lowest BCUT2D eigenvalue weighted by Gasteiger charge is -2.42. The fourth-order valence-corrected chi connectivity index (χ4v) is 12.2. The van der Waals surface area contributed by atoms with Gasteiger partial charge in [-0.05, 0) is 107 Å². The number of benzene rings is 4. The first-order valence-electron chi connectivity index (χ1n) is 25.4. The molecule has 18 nitrogen and oxygen atoms in total. The van der Waals surface area contributed by atoms with E-state index in [9.17, 15) is 69.0 Å². The van der Waals surface area contributed by atoms with Crippen LogP contribution in [0.3, 0.4) is 0 Å². The zero-order valence-corrected chi connectivity index (χ0v) is 40.9. The normalized spacial score (nSPS) is 22.8.